The largest absolute Gasteiger partial charge is 0.271 e. The van der Waals surface area contributed by atoms with Crippen molar-refractivity contribution in [1.29, 1.82) is 0 Å². The minimum Gasteiger partial charge on any atom is -0.271 e. The third kappa shape index (κ3) is 2.96. The van der Waals surface area contributed by atoms with Gasteiger partial charge in [0.2, 0.25) is 0 Å². The van der Waals surface area contributed by atoms with Crippen LogP contribution in [0.2, 0.25) is 0 Å². The Morgan fingerprint density at radius 1 is 1.42 bits per heavy atom. The summed E-state index contributed by atoms with van der Waals surface area (Å²) in [6.07, 6.45) is 2.02. The Balaban J connectivity index is 2.41. The Morgan fingerprint density at radius 2 is 2.16 bits per heavy atom. The molecule has 1 heterocycles. The summed E-state index contributed by atoms with van der Waals surface area (Å²) in [5.74, 6) is 5.23. The van der Waals surface area contributed by atoms with Crippen molar-refractivity contribution in [1.82, 2.24) is 5.43 Å². The van der Waals surface area contributed by atoms with Crippen LogP contribution in [0, 0.1) is 12.7 Å². The molecule has 0 spiro atoms. The maximum absolute atomic E-state index is 13.9. The first kappa shape index (κ1) is 14.4. The topological polar surface area (TPSA) is 72.2 Å². The van der Waals surface area contributed by atoms with Gasteiger partial charge < -0.3 is 0 Å². The second-order valence-corrected chi connectivity index (χ2v) is 7.41. The normalized spacial score (nSPS) is 24.1. The SMILES string of the molecule is Cc1ccc(F)c(C(NN)C2CCCCS2(=O)=O)c1. The van der Waals surface area contributed by atoms with Crippen molar-refractivity contribution in [2.45, 2.75) is 37.5 Å². The number of sulfone groups is 1. The maximum Gasteiger partial charge on any atom is 0.155 e. The average molecular weight is 286 g/mol. The molecular formula is C13H19FN2O2S. The van der Waals surface area contributed by atoms with Crippen LogP contribution in [0.1, 0.15) is 36.4 Å². The summed E-state index contributed by atoms with van der Waals surface area (Å²) in [5.41, 5.74) is 3.70. The highest BCUT2D eigenvalue weighted by Gasteiger charge is 2.37. The van der Waals surface area contributed by atoms with E-state index in [1.54, 1.807) is 12.1 Å². The molecule has 2 rings (SSSR count). The van der Waals surface area contributed by atoms with Crippen LogP contribution >= 0.6 is 0 Å². The molecule has 106 valence electrons. The Morgan fingerprint density at radius 3 is 2.79 bits per heavy atom. The molecule has 0 radical (unpaired) electrons. The molecule has 1 fully saturated rings. The number of nitrogens with one attached hydrogen (secondary N) is 1. The second kappa shape index (κ2) is 5.56. The van der Waals surface area contributed by atoms with E-state index in [1.807, 2.05) is 6.92 Å². The smallest absolute Gasteiger partial charge is 0.155 e. The van der Waals surface area contributed by atoms with Gasteiger partial charge in [-0.1, -0.05) is 24.1 Å². The zero-order valence-electron chi connectivity index (χ0n) is 10.9. The molecule has 1 aliphatic heterocycles. The summed E-state index contributed by atoms with van der Waals surface area (Å²) >= 11 is 0. The van der Waals surface area contributed by atoms with Crippen LogP contribution in [0.3, 0.4) is 0 Å². The van der Waals surface area contributed by atoms with Crippen LogP contribution < -0.4 is 11.3 Å². The van der Waals surface area contributed by atoms with Gasteiger partial charge in [-0.3, -0.25) is 11.3 Å². The van der Waals surface area contributed by atoms with Gasteiger partial charge >= 0.3 is 0 Å². The first-order valence-corrected chi connectivity index (χ1v) is 8.11. The quantitative estimate of drug-likeness (QED) is 0.654. The van der Waals surface area contributed by atoms with Crippen molar-refractivity contribution in [3.63, 3.8) is 0 Å². The van der Waals surface area contributed by atoms with E-state index in [0.29, 0.717) is 18.4 Å². The third-order valence-electron chi connectivity index (χ3n) is 3.67. The lowest BCUT2D eigenvalue weighted by Gasteiger charge is -2.30. The summed E-state index contributed by atoms with van der Waals surface area (Å²) in [6, 6.07) is 3.97. The monoisotopic (exact) mass is 286 g/mol. The fourth-order valence-corrected chi connectivity index (χ4v) is 4.73. The highest BCUT2D eigenvalue weighted by molar-refractivity contribution is 7.92. The third-order valence-corrected chi connectivity index (χ3v) is 5.95. The van der Waals surface area contributed by atoms with Gasteiger partial charge in [0.15, 0.2) is 9.84 Å². The zero-order valence-corrected chi connectivity index (χ0v) is 11.7. The standard InChI is InChI=1S/C13H19FN2O2S/c1-9-5-6-11(14)10(8-9)13(16-15)12-4-2-3-7-19(12,17)18/h5-6,8,12-13,16H,2-4,7,15H2,1H3. The number of halogens is 1. The number of hydrogen-bond acceptors (Lipinski definition) is 4. The van der Waals surface area contributed by atoms with Gasteiger partial charge in [0.1, 0.15) is 5.82 Å². The molecule has 0 saturated carbocycles. The van der Waals surface area contributed by atoms with Crippen molar-refractivity contribution in [3.8, 4) is 0 Å². The molecule has 2 unspecified atom stereocenters. The van der Waals surface area contributed by atoms with E-state index in [-0.39, 0.29) is 5.75 Å². The van der Waals surface area contributed by atoms with Crippen LogP contribution in [0.5, 0.6) is 0 Å². The van der Waals surface area contributed by atoms with Crippen molar-refractivity contribution in [2.75, 3.05) is 5.75 Å². The Bertz CT molecular complexity index is 560. The molecule has 0 aliphatic carbocycles. The summed E-state index contributed by atoms with van der Waals surface area (Å²) in [4.78, 5) is 0. The Kier molecular flexibility index (Phi) is 4.23. The van der Waals surface area contributed by atoms with Crippen molar-refractivity contribution in [2.24, 2.45) is 5.84 Å². The average Bonchev–Trinajstić information content (AvgIpc) is 2.36. The summed E-state index contributed by atoms with van der Waals surface area (Å²) < 4.78 is 38.2. The van der Waals surface area contributed by atoms with Gasteiger partial charge in [-0.2, -0.15) is 0 Å². The highest BCUT2D eigenvalue weighted by Crippen LogP contribution is 2.31. The maximum atomic E-state index is 13.9. The van der Waals surface area contributed by atoms with Gasteiger partial charge in [-0.05, 0) is 25.8 Å². The first-order valence-electron chi connectivity index (χ1n) is 6.39. The molecule has 0 aromatic heterocycles. The van der Waals surface area contributed by atoms with E-state index in [4.69, 9.17) is 5.84 Å². The predicted octanol–water partition coefficient (Wildman–Crippen LogP) is 1.61. The van der Waals surface area contributed by atoms with E-state index in [1.165, 1.54) is 6.07 Å². The predicted molar refractivity (Wildman–Crippen MR) is 72.6 cm³/mol. The number of nitrogens with two attached hydrogens (primary N) is 1. The lowest BCUT2D eigenvalue weighted by molar-refractivity contribution is 0.439. The fourth-order valence-electron chi connectivity index (χ4n) is 2.65. The number of aryl methyl sites for hydroxylation is 1. The molecule has 0 bridgehead atoms. The van der Waals surface area contributed by atoms with Crippen molar-refractivity contribution < 1.29 is 12.8 Å². The van der Waals surface area contributed by atoms with Crippen molar-refractivity contribution in [3.05, 3.63) is 35.1 Å². The summed E-state index contributed by atoms with van der Waals surface area (Å²) in [5, 5.41) is -0.650. The van der Waals surface area contributed by atoms with E-state index < -0.39 is 26.9 Å². The molecule has 1 aromatic rings. The van der Waals surface area contributed by atoms with Crippen LogP contribution in [-0.4, -0.2) is 19.4 Å². The minimum atomic E-state index is -3.22. The minimum absolute atomic E-state index is 0.156. The van der Waals surface area contributed by atoms with Gasteiger partial charge in [0.05, 0.1) is 17.0 Å². The molecule has 2 atom stereocenters. The van der Waals surface area contributed by atoms with Crippen molar-refractivity contribution >= 4 is 9.84 Å². The Labute approximate surface area is 113 Å². The first-order chi connectivity index (χ1) is 8.95. The zero-order chi connectivity index (χ0) is 14.0. The molecule has 0 amide bonds. The lowest BCUT2D eigenvalue weighted by atomic mass is 9.98. The fraction of sp³-hybridized carbons (Fsp3) is 0.538. The molecular weight excluding hydrogens is 267 g/mol. The van der Waals surface area contributed by atoms with E-state index in [0.717, 1.165) is 12.0 Å². The molecule has 19 heavy (non-hydrogen) atoms. The van der Waals surface area contributed by atoms with Crippen LogP contribution in [-0.2, 0) is 9.84 Å². The van der Waals surface area contributed by atoms with Gasteiger partial charge in [-0.25, -0.2) is 12.8 Å². The van der Waals surface area contributed by atoms with Gasteiger partial charge in [0.25, 0.3) is 0 Å². The highest BCUT2D eigenvalue weighted by atomic mass is 32.2. The van der Waals surface area contributed by atoms with Crippen LogP contribution in [0.25, 0.3) is 0 Å². The van der Waals surface area contributed by atoms with Gasteiger partial charge in [-0.15, -0.1) is 0 Å². The van der Waals surface area contributed by atoms with E-state index >= 15 is 0 Å². The lowest BCUT2D eigenvalue weighted by Crippen LogP contribution is -2.43. The Hall–Kier alpha value is -0.980. The number of rotatable bonds is 3. The molecule has 3 N–H and O–H groups in total. The number of benzene rings is 1. The number of hydrogen-bond donors (Lipinski definition) is 2. The molecule has 6 heteroatoms. The second-order valence-electron chi connectivity index (χ2n) is 5.07. The van der Waals surface area contributed by atoms with Gasteiger partial charge in [0, 0.05) is 5.56 Å². The van der Waals surface area contributed by atoms with E-state index in [9.17, 15) is 12.8 Å². The molecule has 1 saturated heterocycles. The molecule has 1 aliphatic rings. The molecule has 1 aromatic carbocycles. The van der Waals surface area contributed by atoms with Crippen LogP contribution in [0.4, 0.5) is 4.39 Å². The van der Waals surface area contributed by atoms with Crippen LogP contribution in [0.15, 0.2) is 18.2 Å². The molecule has 4 nitrogen and oxygen atoms in total. The summed E-state index contributed by atoms with van der Waals surface area (Å²) in [7, 11) is -3.22. The van der Waals surface area contributed by atoms with E-state index in [2.05, 4.69) is 5.43 Å². The summed E-state index contributed by atoms with van der Waals surface area (Å²) in [6.45, 7) is 1.84. The number of hydrazine groups is 1.